The van der Waals surface area contributed by atoms with Crippen LogP contribution in [0.5, 0.6) is 5.75 Å². The second-order valence-corrected chi connectivity index (χ2v) is 7.07. The lowest BCUT2D eigenvalue weighted by molar-refractivity contribution is -0.125. The fourth-order valence-electron chi connectivity index (χ4n) is 2.76. The summed E-state index contributed by atoms with van der Waals surface area (Å²) in [7, 11) is 0. The highest BCUT2D eigenvalue weighted by atomic mass is 35.5. The van der Waals surface area contributed by atoms with Gasteiger partial charge in [0.2, 0.25) is 5.91 Å². The summed E-state index contributed by atoms with van der Waals surface area (Å²) >= 11 is 5.85. The zero-order valence-electron chi connectivity index (χ0n) is 15.5. The van der Waals surface area contributed by atoms with E-state index in [0.717, 1.165) is 0 Å². The number of nitrogens with one attached hydrogen (secondary N) is 2. The number of benzene rings is 2. The molecule has 0 radical (unpaired) electrons. The lowest BCUT2D eigenvalue weighted by atomic mass is 10.1. The van der Waals surface area contributed by atoms with Crippen molar-refractivity contribution >= 4 is 40.7 Å². The molecule has 7 nitrogen and oxygen atoms in total. The smallest absolute Gasteiger partial charge is 0.265 e. The Morgan fingerprint density at radius 2 is 1.89 bits per heavy atom. The molecule has 0 bridgehead atoms. The van der Waals surface area contributed by atoms with Gasteiger partial charge in [0.25, 0.3) is 11.8 Å². The van der Waals surface area contributed by atoms with Gasteiger partial charge in [0.1, 0.15) is 12.3 Å². The van der Waals surface area contributed by atoms with Gasteiger partial charge in [-0.25, -0.2) is 0 Å². The molecule has 1 heterocycles. The van der Waals surface area contributed by atoms with Crippen molar-refractivity contribution < 1.29 is 19.1 Å². The molecule has 2 N–H and O–H groups in total. The molecule has 1 aliphatic heterocycles. The molecule has 0 fully saturated rings. The van der Waals surface area contributed by atoms with Crippen LogP contribution in [0.4, 0.5) is 11.4 Å². The number of carbonyl (C=O) groups is 3. The lowest BCUT2D eigenvalue weighted by Gasteiger charge is -2.29. The highest BCUT2D eigenvalue weighted by Crippen LogP contribution is 2.33. The minimum absolute atomic E-state index is 0.0420. The quantitative estimate of drug-likeness (QED) is 0.806. The van der Waals surface area contributed by atoms with E-state index in [-0.39, 0.29) is 36.9 Å². The Balaban J connectivity index is 1.82. The van der Waals surface area contributed by atoms with Crippen molar-refractivity contribution in [2.75, 3.05) is 23.4 Å². The Bertz CT molecular complexity index is 912. The van der Waals surface area contributed by atoms with Crippen LogP contribution in [-0.4, -0.2) is 36.9 Å². The third kappa shape index (κ3) is 4.61. The van der Waals surface area contributed by atoms with Crippen LogP contribution in [0.2, 0.25) is 5.02 Å². The van der Waals surface area contributed by atoms with E-state index in [4.69, 9.17) is 16.3 Å². The number of nitrogens with zero attached hydrogens (tertiary/aromatic N) is 1. The summed E-state index contributed by atoms with van der Waals surface area (Å²) in [6.45, 7) is 3.38. The molecule has 3 rings (SSSR count). The molecule has 0 saturated carbocycles. The normalized spacial score (nSPS) is 13.0. The molecule has 0 saturated heterocycles. The van der Waals surface area contributed by atoms with Crippen LogP contribution in [0, 0.1) is 0 Å². The summed E-state index contributed by atoms with van der Waals surface area (Å²) in [4.78, 5) is 38.3. The van der Waals surface area contributed by atoms with Gasteiger partial charge in [-0.3, -0.25) is 19.3 Å². The van der Waals surface area contributed by atoms with Gasteiger partial charge >= 0.3 is 0 Å². The molecule has 0 unspecified atom stereocenters. The molecule has 0 aromatic heterocycles. The third-order valence-corrected chi connectivity index (χ3v) is 4.27. The van der Waals surface area contributed by atoms with Crippen molar-refractivity contribution in [3.05, 3.63) is 53.1 Å². The molecule has 3 amide bonds. The first-order valence-corrected chi connectivity index (χ1v) is 9.15. The predicted octanol–water partition coefficient (Wildman–Crippen LogP) is 2.84. The minimum atomic E-state index is -0.352. The molecule has 0 atom stereocenters. The van der Waals surface area contributed by atoms with E-state index >= 15 is 0 Å². The van der Waals surface area contributed by atoms with Gasteiger partial charge in [0.05, 0.1) is 5.69 Å². The third-order valence-electron chi connectivity index (χ3n) is 4.02. The zero-order chi connectivity index (χ0) is 20.3. The summed E-state index contributed by atoms with van der Waals surface area (Å²) in [5, 5.41) is 6.08. The number of ether oxygens (including phenoxy) is 1. The minimum Gasteiger partial charge on any atom is -0.482 e. The van der Waals surface area contributed by atoms with Crippen molar-refractivity contribution in [2.24, 2.45) is 0 Å². The average molecular weight is 402 g/mol. The van der Waals surface area contributed by atoms with Crippen LogP contribution in [-0.2, 0) is 9.59 Å². The topological polar surface area (TPSA) is 87.7 Å². The molecule has 0 aliphatic carbocycles. The van der Waals surface area contributed by atoms with E-state index in [9.17, 15) is 14.4 Å². The van der Waals surface area contributed by atoms with E-state index in [0.29, 0.717) is 27.7 Å². The van der Waals surface area contributed by atoms with Crippen LogP contribution in [0.3, 0.4) is 0 Å². The Hall–Kier alpha value is -3.06. The van der Waals surface area contributed by atoms with Crippen molar-refractivity contribution in [3.8, 4) is 5.75 Å². The van der Waals surface area contributed by atoms with E-state index in [1.54, 1.807) is 42.5 Å². The molecule has 2 aromatic carbocycles. The van der Waals surface area contributed by atoms with Gasteiger partial charge in [-0.2, -0.15) is 0 Å². The first kappa shape index (κ1) is 19.7. The lowest BCUT2D eigenvalue weighted by Crippen LogP contribution is -2.46. The maximum absolute atomic E-state index is 12.6. The summed E-state index contributed by atoms with van der Waals surface area (Å²) < 4.78 is 5.43. The first-order chi connectivity index (χ1) is 13.3. The number of amides is 3. The Kier molecular flexibility index (Phi) is 5.84. The second kappa shape index (κ2) is 8.31. The SMILES string of the molecule is CC(C)NC(=O)CN1C(=O)COc2ccc(C(=O)Nc3ccc(Cl)cc3)cc21. The van der Waals surface area contributed by atoms with Gasteiger partial charge < -0.3 is 15.4 Å². The molecular formula is C20H20ClN3O4. The number of fused-ring (bicyclic) bond motifs is 1. The molecule has 146 valence electrons. The van der Waals surface area contributed by atoms with Gasteiger partial charge in [-0.15, -0.1) is 0 Å². The summed E-state index contributed by atoms with van der Waals surface area (Å²) in [6.07, 6.45) is 0. The molecule has 0 spiro atoms. The van der Waals surface area contributed by atoms with E-state index in [2.05, 4.69) is 10.6 Å². The van der Waals surface area contributed by atoms with Crippen molar-refractivity contribution in [1.29, 1.82) is 0 Å². The van der Waals surface area contributed by atoms with Crippen LogP contribution in [0.15, 0.2) is 42.5 Å². The Morgan fingerprint density at radius 3 is 2.57 bits per heavy atom. The maximum Gasteiger partial charge on any atom is 0.265 e. The van der Waals surface area contributed by atoms with Crippen LogP contribution >= 0.6 is 11.6 Å². The highest BCUT2D eigenvalue weighted by Gasteiger charge is 2.28. The fraction of sp³-hybridized carbons (Fsp3) is 0.250. The average Bonchev–Trinajstić information content (AvgIpc) is 2.65. The maximum atomic E-state index is 12.6. The number of rotatable bonds is 5. The number of anilines is 2. The van der Waals surface area contributed by atoms with E-state index in [1.165, 1.54) is 4.90 Å². The zero-order valence-corrected chi connectivity index (χ0v) is 16.2. The highest BCUT2D eigenvalue weighted by molar-refractivity contribution is 6.30. The van der Waals surface area contributed by atoms with Gasteiger partial charge in [-0.05, 0) is 56.3 Å². The molecule has 2 aromatic rings. The summed E-state index contributed by atoms with van der Waals surface area (Å²) in [6, 6.07) is 11.4. The van der Waals surface area contributed by atoms with Gasteiger partial charge in [0.15, 0.2) is 6.61 Å². The second-order valence-electron chi connectivity index (χ2n) is 6.63. The predicted molar refractivity (Wildman–Crippen MR) is 107 cm³/mol. The number of hydrogen-bond acceptors (Lipinski definition) is 4. The number of halogens is 1. The Morgan fingerprint density at radius 1 is 1.18 bits per heavy atom. The van der Waals surface area contributed by atoms with E-state index in [1.807, 2.05) is 13.8 Å². The monoisotopic (exact) mass is 401 g/mol. The van der Waals surface area contributed by atoms with Crippen molar-refractivity contribution in [2.45, 2.75) is 19.9 Å². The largest absolute Gasteiger partial charge is 0.482 e. The molecule has 8 heteroatoms. The van der Waals surface area contributed by atoms with Crippen molar-refractivity contribution in [1.82, 2.24) is 5.32 Å². The van der Waals surface area contributed by atoms with Crippen LogP contribution < -0.4 is 20.3 Å². The molecule has 1 aliphatic rings. The van der Waals surface area contributed by atoms with Crippen LogP contribution in [0.1, 0.15) is 24.2 Å². The fourth-order valence-corrected chi connectivity index (χ4v) is 2.89. The number of hydrogen-bond donors (Lipinski definition) is 2. The molecule has 28 heavy (non-hydrogen) atoms. The van der Waals surface area contributed by atoms with Crippen LogP contribution in [0.25, 0.3) is 0 Å². The summed E-state index contributed by atoms with van der Waals surface area (Å²) in [5.41, 5.74) is 1.31. The van der Waals surface area contributed by atoms with Gasteiger partial charge in [-0.1, -0.05) is 11.6 Å². The Labute approximate surface area is 167 Å². The van der Waals surface area contributed by atoms with E-state index < -0.39 is 0 Å². The molecular weight excluding hydrogens is 382 g/mol. The van der Waals surface area contributed by atoms with Crippen molar-refractivity contribution in [3.63, 3.8) is 0 Å². The number of carbonyl (C=O) groups excluding carboxylic acids is 3. The standard InChI is InChI=1S/C20H20ClN3O4/c1-12(2)22-18(25)10-24-16-9-13(3-8-17(16)28-11-19(24)26)20(27)23-15-6-4-14(21)5-7-15/h3-9,12H,10-11H2,1-2H3,(H,22,25)(H,23,27). The first-order valence-electron chi connectivity index (χ1n) is 8.77. The van der Waals surface area contributed by atoms with Gasteiger partial charge in [0, 0.05) is 22.3 Å². The summed E-state index contributed by atoms with van der Waals surface area (Å²) in [5.74, 6) is -0.538.